The summed E-state index contributed by atoms with van der Waals surface area (Å²) >= 11 is 0. The maximum Gasteiger partial charge on any atom is 0.410 e. The van der Waals surface area contributed by atoms with Gasteiger partial charge in [-0.05, 0) is 107 Å². The molecule has 4 aliphatic heterocycles. The Labute approximate surface area is 352 Å². The standard InChI is InChI=1S/C46H51FN6O8/c1-25-35(47)19-36-34(20-48-53(36)37-7-5-6-15-58-37)38(25)39-32(27-12-13-27)18-33-40(41(39)59-23-26-8-10-28(11-9-26)43(54)55)49-44(60-31-14-16-57-24-31)50-42(33)51-21-30-17-29(51)22-52(30)45(56)61-46(2,3)4/h8-11,18-20,27,29-31,37H,5-7,12-17,21-24H2,1-4H3,(H,54,55)/t29-,30-,31+,37?/m0/s1. The first-order chi connectivity index (χ1) is 29.4. The van der Waals surface area contributed by atoms with E-state index in [2.05, 4.69) is 11.0 Å². The van der Waals surface area contributed by atoms with Crippen molar-refractivity contribution >= 4 is 39.7 Å². The zero-order valence-corrected chi connectivity index (χ0v) is 35.0. The van der Waals surface area contributed by atoms with Gasteiger partial charge in [0.15, 0.2) is 12.0 Å². The Hall–Kier alpha value is -5.54. The van der Waals surface area contributed by atoms with Crippen LogP contribution in [0.1, 0.15) is 105 Å². The SMILES string of the molecule is Cc1c(F)cc2c(cnn2C2CCCCO2)c1-c1c(C2CC2)cc2c(N3C[C@@H]4C[C@H]3CN4C(=O)OC(C)(C)C)nc(O[C@@H]3CCOC3)nc2c1OCc1ccc(C(=O)O)cc1. The molecule has 4 atom stereocenters. The van der Waals surface area contributed by atoms with Crippen LogP contribution in [0.2, 0.25) is 0 Å². The predicted molar refractivity (Wildman–Crippen MR) is 224 cm³/mol. The van der Waals surface area contributed by atoms with Crippen LogP contribution in [0.25, 0.3) is 32.9 Å². The highest BCUT2D eigenvalue weighted by Crippen LogP contribution is 2.54. The Morgan fingerprint density at radius 2 is 1.79 bits per heavy atom. The number of aromatic carboxylic acids is 1. The van der Waals surface area contributed by atoms with Crippen LogP contribution in [0, 0.1) is 12.7 Å². The van der Waals surface area contributed by atoms with Gasteiger partial charge >= 0.3 is 18.1 Å². The average molecular weight is 835 g/mol. The van der Waals surface area contributed by atoms with Crippen LogP contribution in [0.15, 0.2) is 42.6 Å². The number of carboxylic acid groups (broad SMARTS) is 1. The second kappa shape index (κ2) is 15.4. The van der Waals surface area contributed by atoms with Gasteiger partial charge in [-0.25, -0.2) is 18.7 Å². The smallest absolute Gasteiger partial charge is 0.410 e. The van der Waals surface area contributed by atoms with Gasteiger partial charge < -0.3 is 38.6 Å². The number of likely N-dealkylation sites (tertiary alicyclic amines) is 1. The normalized spacial score (nSPS) is 22.7. The van der Waals surface area contributed by atoms with Gasteiger partial charge in [-0.2, -0.15) is 15.1 Å². The van der Waals surface area contributed by atoms with Gasteiger partial charge in [-0.1, -0.05) is 12.1 Å². The predicted octanol–water partition coefficient (Wildman–Crippen LogP) is 8.31. The highest BCUT2D eigenvalue weighted by molar-refractivity contribution is 6.06. The summed E-state index contributed by atoms with van der Waals surface area (Å²) in [6.45, 7) is 10.1. The molecule has 2 bridgehead atoms. The summed E-state index contributed by atoms with van der Waals surface area (Å²) in [4.78, 5) is 39.4. The minimum Gasteiger partial charge on any atom is -0.486 e. The minimum absolute atomic E-state index is 0.0302. The molecule has 0 spiro atoms. The molecule has 15 heteroatoms. The molecule has 1 saturated carbocycles. The zero-order chi connectivity index (χ0) is 42.2. The minimum atomic E-state index is -1.02. The fourth-order valence-corrected chi connectivity index (χ4v) is 9.46. The monoisotopic (exact) mass is 834 g/mol. The number of carbonyl (C=O) groups is 2. The second-order valence-electron chi connectivity index (χ2n) is 18.1. The van der Waals surface area contributed by atoms with Crippen molar-refractivity contribution in [2.45, 2.75) is 115 Å². The molecule has 1 amide bonds. The van der Waals surface area contributed by atoms with Gasteiger partial charge in [0, 0.05) is 54.1 Å². The van der Waals surface area contributed by atoms with Crippen molar-refractivity contribution < 1.29 is 42.8 Å². The number of piperazine rings is 1. The molecule has 6 heterocycles. The Balaban J connectivity index is 1.17. The summed E-state index contributed by atoms with van der Waals surface area (Å²) in [7, 11) is 0. The quantitative estimate of drug-likeness (QED) is 0.144. The molecule has 61 heavy (non-hydrogen) atoms. The van der Waals surface area contributed by atoms with E-state index >= 15 is 4.39 Å². The van der Waals surface area contributed by atoms with Crippen molar-refractivity contribution in [1.29, 1.82) is 0 Å². The lowest BCUT2D eigenvalue weighted by Gasteiger charge is -2.36. The van der Waals surface area contributed by atoms with Crippen molar-refractivity contribution in [2.75, 3.05) is 37.8 Å². The summed E-state index contributed by atoms with van der Waals surface area (Å²) in [6.07, 6.45) is 7.02. The average Bonchev–Trinajstić information content (AvgIpc) is 3.54. The van der Waals surface area contributed by atoms with Gasteiger partial charge in [-0.15, -0.1) is 0 Å². The molecule has 1 aliphatic carbocycles. The number of halogens is 1. The molecule has 14 nitrogen and oxygen atoms in total. The van der Waals surface area contributed by atoms with E-state index in [1.807, 2.05) is 36.5 Å². The van der Waals surface area contributed by atoms with Gasteiger partial charge in [-0.3, -0.25) is 0 Å². The van der Waals surface area contributed by atoms with Crippen LogP contribution in [0.5, 0.6) is 11.8 Å². The maximum absolute atomic E-state index is 16.5. The highest BCUT2D eigenvalue weighted by Gasteiger charge is 2.48. The largest absolute Gasteiger partial charge is 0.486 e. The van der Waals surface area contributed by atoms with Crippen LogP contribution in [0.3, 0.4) is 0 Å². The molecule has 4 saturated heterocycles. The van der Waals surface area contributed by atoms with E-state index in [-0.39, 0.29) is 60.4 Å². The van der Waals surface area contributed by atoms with E-state index in [4.69, 9.17) is 38.8 Å². The van der Waals surface area contributed by atoms with Crippen LogP contribution in [-0.2, 0) is 20.8 Å². The van der Waals surface area contributed by atoms with Gasteiger partial charge in [0.05, 0.1) is 42.6 Å². The Morgan fingerprint density at radius 1 is 0.967 bits per heavy atom. The first-order valence-electron chi connectivity index (χ1n) is 21.5. The summed E-state index contributed by atoms with van der Waals surface area (Å²) in [5.41, 5.74) is 4.32. The number of carbonyl (C=O) groups excluding carboxylic acids is 1. The molecule has 5 aliphatic rings. The van der Waals surface area contributed by atoms with Crippen molar-refractivity contribution in [2.24, 2.45) is 0 Å². The first-order valence-corrected chi connectivity index (χ1v) is 21.5. The molecule has 5 fully saturated rings. The van der Waals surface area contributed by atoms with E-state index in [9.17, 15) is 14.7 Å². The van der Waals surface area contributed by atoms with Gasteiger partial charge in [0.2, 0.25) is 0 Å². The summed E-state index contributed by atoms with van der Waals surface area (Å²) in [5, 5.41) is 16.0. The van der Waals surface area contributed by atoms with Gasteiger partial charge in [0.25, 0.3) is 0 Å². The summed E-state index contributed by atoms with van der Waals surface area (Å²) in [5.74, 6) is -0.0783. The molecular weight excluding hydrogens is 784 g/mol. The molecule has 0 radical (unpaired) electrons. The van der Waals surface area contributed by atoms with Crippen LogP contribution < -0.4 is 14.4 Å². The van der Waals surface area contributed by atoms with E-state index in [1.54, 1.807) is 37.3 Å². The number of carboxylic acids is 1. The Bertz CT molecular complexity index is 2520. The maximum atomic E-state index is 16.5. The molecule has 3 aromatic carbocycles. The molecular formula is C46H51FN6O8. The van der Waals surface area contributed by atoms with E-state index in [0.29, 0.717) is 73.1 Å². The fraction of sp³-hybridized carbons (Fsp3) is 0.500. The molecule has 1 N–H and O–H groups in total. The summed E-state index contributed by atoms with van der Waals surface area (Å²) < 4.78 is 49.4. The van der Waals surface area contributed by atoms with E-state index in [1.165, 1.54) is 0 Å². The molecule has 320 valence electrons. The van der Waals surface area contributed by atoms with E-state index < -0.39 is 11.6 Å². The molecule has 5 aromatic rings. The third kappa shape index (κ3) is 7.49. The fourth-order valence-electron chi connectivity index (χ4n) is 9.46. The van der Waals surface area contributed by atoms with Crippen LogP contribution in [-0.4, -0.2) is 98.5 Å². The second-order valence-corrected chi connectivity index (χ2v) is 18.1. The lowest BCUT2D eigenvalue weighted by atomic mass is 9.88. The lowest BCUT2D eigenvalue weighted by Crippen LogP contribution is -2.50. The number of rotatable bonds is 10. The number of hydrogen-bond acceptors (Lipinski definition) is 11. The molecule has 10 rings (SSSR count). The number of aromatic nitrogens is 4. The Morgan fingerprint density at radius 3 is 2.46 bits per heavy atom. The highest BCUT2D eigenvalue weighted by atomic mass is 19.1. The van der Waals surface area contributed by atoms with E-state index in [0.717, 1.165) is 66.0 Å². The molecule has 2 aromatic heterocycles. The number of nitrogens with zero attached hydrogens (tertiary/aromatic N) is 6. The number of fused-ring (bicyclic) bond motifs is 4. The first kappa shape index (κ1) is 39.6. The van der Waals surface area contributed by atoms with Crippen molar-refractivity contribution in [3.8, 4) is 22.9 Å². The van der Waals surface area contributed by atoms with Gasteiger partial charge in [0.1, 0.15) is 35.5 Å². The Kier molecular flexibility index (Phi) is 10.0. The number of amides is 1. The zero-order valence-electron chi connectivity index (χ0n) is 35.0. The number of ether oxygens (including phenoxy) is 5. The van der Waals surface area contributed by atoms with Crippen molar-refractivity contribution in [3.63, 3.8) is 0 Å². The topological polar surface area (TPSA) is 151 Å². The third-order valence-corrected chi connectivity index (χ3v) is 12.6. The van der Waals surface area contributed by atoms with Crippen molar-refractivity contribution in [1.82, 2.24) is 24.6 Å². The van der Waals surface area contributed by atoms with Crippen molar-refractivity contribution in [3.05, 3.63) is 70.7 Å². The van der Waals surface area contributed by atoms with Crippen LogP contribution in [0.4, 0.5) is 15.0 Å². The number of hydrogen-bond donors (Lipinski definition) is 1. The lowest BCUT2D eigenvalue weighted by molar-refractivity contribution is -0.0367. The number of benzene rings is 3. The number of anilines is 1. The molecule has 1 unspecified atom stereocenters. The third-order valence-electron chi connectivity index (χ3n) is 12.6. The summed E-state index contributed by atoms with van der Waals surface area (Å²) in [6, 6.07) is 10.4. The van der Waals surface area contributed by atoms with Crippen LogP contribution >= 0.6 is 0 Å².